The van der Waals surface area contributed by atoms with Crippen molar-refractivity contribution in [3.05, 3.63) is 51.2 Å². The molecule has 1 saturated carbocycles. The summed E-state index contributed by atoms with van der Waals surface area (Å²) < 4.78 is 5.21. The Balaban J connectivity index is 2.24. The minimum Gasteiger partial charge on any atom is -0.463 e. The van der Waals surface area contributed by atoms with Gasteiger partial charge in [-0.05, 0) is 25.7 Å². The van der Waals surface area contributed by atoms with Crippen LogP contribution in [0.4, 0.5) is 5.69 Å². The number of nitrogens with zero attached hydrogens (tertiary/aromatic N) is 2. The van der Waals surface area contributed by atoms with Crippen LogP contribution < -0.4 is 0 Å². The topological polar surface area (TPSA) is 98.9 Å². The first kappa shape index (κ1) is 19.9. The highest BCUT2D eigenvalue weighted by Crippen LogP contribution is 2.48. The first-order valence-corrected chi connectivity index (χ1v) is 9.37. The van der Waals surface area contributed by atoms with Crippen LogP contribution in [0.25, 0.3) is 0 Å². The summed E-state index contributed by atoms with van der Waals surface area (Å²) in [4.78, 5) is 41.6. The third-order valence-electron chi connectivity index (χ3n) is 5.33. The molecule has 7 nitrogen and oxygen atoms in total. The second-order valence-electron chi connectivity index (χ2n) is 8.08. The van der Waals surface area contributed by atoms with Gasteiger partial charge in [0.2, 0.25) is 0 Å². The number of hydrogen-bond acceptors (Lipinski definition) is 6. The molecule has 148 valence electrons. The molecule has 1 fully saturated rings. The lowest BCUT2D eigenvalue weighted by Crippen LogP contribution is -2.44. The molecule has 1 heterocycles. The number of Topliss-reactive ketones (excluding diaryl/α,β-unsaturated/α-hetero) is 1. The van der Waals surface area contributed by atoms with Crippen LogP contribution in [-0.2, 0) is 14.3 Å². The van der Waals surface area contributed by atoms with Crippen molar-refractivity contribution in [2.45, 2.75) is 46.5 Å². The Morgan fingerprint density at radius 2 is 1.96 bits per heavy atom. The maximum absolute atomic E-state index is 13.1. The Morgan fingerprint density at radius 1 is 1.29 bits per heavy atom. The molecular weight excluding hydrogens is 360 g/mol. The number of nitro benzene ring substituents is 1. The second kappa shape index (κ2) is 7.30. The quantitative estimate of drug-likeness (QED) is 0.444. The lowest BCUT2D eigenvalue weighted by atomic mass is 9.63. The third-order valence-corrected chi connectivity index (χ3v) is 5.33. The molecule has 1 aromatic rings. The second-order valence-corrected chi connectivity index (χ2v) is 8.08. The first-order valence-electron chi connectivity index (χ1n) is 9.37. The molecular formula is C21H24N2O5. The first-order chi connectivity index (χ1) is 13.2. The van der Waals surface area contributed by atoms with Crippen molar-refractivity contribution in [1.29, 1.82) is 0 Å². The Kier molecular flexibility index (Phi) is 5.19. The van der Waals surface area contributed by atoms with E-state index < -0.39 is 22.7 Å². The number of benzene rings is 1. The summed E-state index contributed by atoms with van der Waals surface area (Å²) in [5.74, 6) is -2.08. The highest BCUT2D eigenvalue weighted by molar-refractivity contribution is 6.12. The minimum absolute atomic E-state index is 0.0487. The number of ketones is 1. The van der Waals surface area contributed by atoms with Crippen LogP contribution in [0.3, 0.4) is 0 Å². The zero-order chi connectivity index (χ0) is 20.6. The number of allylic oxidation sites excluding steroid dienone is 1. The van der Waals surface area contributed by atoms with E-state index >= 15 is 0 Å². The van der Waals surface area contributed by atoms with E-state index in [9.17, 15) is 19.7 Å². The van der Waals surface area contributed by atoms with Gasteiger partial charge in [-0.3, -0.25) is 19.9 Å². The van der Waals surface area contributed by atoms with Gasteiger partial charge in [0.1, 0.15) is 5.78 Å². The van der Waals surface area contributed by atoms with E-state index in [4.69, 9.17) is 4.74 Å². The van der Waals surface area contributed by atoms with E-state index in [0.717, 1.165) is 0 Å². The van der Waals surface area contributed by atoms with Crippen LogP contribution in [0.2, 0.25) is 0 Å². The van der Waals surface area contributed by atoms with Gasteiger partial charge in [-0.15, -0.1) is 0 Å². The number of esters is 1. The van der Waals surface area contributed by atoms with E-state index in [1.165, 1.54) is 6.07 Å². The van der Waals surface area contributed by atoms with Gasteiger partial charge in [0.05, 0.1) is 23.0 Å². The Hall–Kier alpha value is -2.83. The van der Waals surface area contributed by atoms with Gasteiger partial charge in [-0.2, -0.15) is 0 Å². The third kappa shape index (κ3) is 3.48. The zero-order valence-electron chi connectivity index (χ0n) is 16.5. The molecule has 0 aromatic heterocycles. The monoisotopic (exact) mass is 384 g/mol. The van der Waals surface area contributed by atoms with Gasteiger partial charge < -0.3 is 4.74 Å². The van der Waals surface area contributed by atoms with Crippen LogP contribution >= 0.6 is 0 Å². The normalized spacial score (nSPS) is 23.7. The van der Waals surface area contributed by atoms with Crippen molar-refractivity contribution in [3.8, 4) is 0 Å². The van der Waals surface area contributed by atoms with E-state index in [0.29, 0.717) is 29.8 Å². The molecule has 1 aliphatic heterocycles. The number of para-hydroxylation sites is 1. The summed E-state index contributed by atoms with van der Waals surface area (Å²) in [6, 6.07) is 6.27. The Morgan fingerprint density at radius 3 is 2.61 bits per heavy atom. The largest absolute Gasteiger partial charge is 0.463 e. The van der Waals surface area contributed by atoms with Gasteiger partial charge in [0.25, 0.3) is 5.69 Å². The molecule has 0 bridgehead atoms. The molecule has 0 amide bonds. The number of carbonyl (C=O) groups is 2. The fraction of sp³-hybridized carbons (Fsp3) is 0.476. The van der Waals surface area contributed by atoms with E-state index in [1.807, 2.05) is 13.8 Å². The van der Waals surface area contributed by atoms with Crippen LogP contribution in [0.5, 0.6) is 0 Å². The number of nitro groups is 1. The van der Waals surface area contributed by atoms with Crippen molar-refractivity contribution in [2.75, 3.05) is 6.61 Å². The molecule has 0 saturated heterocycles. The number of aliphatic imine (C=N–C) groups is 1. The van der Waals surface area contributed by atoms with E-state index in [-0.39, 0.29) is 29.1 Å². The Bertz CT molecular complexity index is 913. The SMILES string of the molecule is CCOC(=O)C1=C(C)N=C2CC(C)(C)CC(=O)[C@@H]2[C@@H]1c1ccccc1[N+](=O)[O-]. The van der Waals surface area contributed by atoms with E-state index in [1.54, 1.807) is 32.0 Å². The summed E-state index contributed by atoms with van der Waals surface area (Å²) in [5.41, 5.74) is 1.38. The average molecular weight is 384 g/mol. The lowest BCUT2D eigenvalue weighted by molar-refractivity contribution is -0.385. The van der Waals surface area contributed by atoms with E-state index in [2.05, 4.69) is 4.99 Å². The van der Waals surface area contributed by atoms with Crippen molar-refractivity contribution >= 4 is 23.2 Å². The molecule has 1 aliphatic carbocycles. The summed E-state index contributed by atoms with van der Waals surface area (Å²) in [7, 11) is 0. The number of hydrogen-bond donors (Lipinski definition) is 0. The standard InChI is InChI=1S/C21H24N2O5/c1-5-28-20(25)17-12(2)22-14-10-21(3,4)11-16(24)19(14)18(17)13-8-6-7-9-15(13)23(26)27/h6-9,18-19H,5,10-11H2,1-4H3/t18-,19-/m1/s1. The van der Waals surface area contributed by atoms with Crippen LogP contribution in [0, 0.1) is 21.4 Å². The van der Waals surface area contributed by atoms with Crippen molar-refractivity contribution in [3.63, 3.8) is 0 Å². The highest BCUT2D eigenvalue weighted by atomic mass is 16.6. The van der Waals surface area contributed by atoms with Gasteiger partial charge >= 0.3 is 5.97 Å². The van der Waals surface area contributed by atoms with Gasteiger partial charge in [-0.25, -0.2) is 4.79 Å². The minimum atomic E-state index is -0.767. The predicted molar refractivity (Wildman–Crippen MR) is 104 cm³/mol. The van der Waals surface area contributed by atoms with Crippen LogP contribution in [0.1, 0.15) is 52.0 Å². The fourth-order valence-corrected chi connectivity index (χ4v) is 4.32. The van der Waals surface area contributed by atoms with Crippen molar-refractivity contribution < 1.29 is 19.2 Å². The Labute approximate surface area is 163 Å². The maximum Gasteiger partial charge on any atom is 0.336 e. The number of rotatable bonds is 4. The summed E-state index contributed by atoms with van der Waals surface area (Å²) in [5, 5.41) is 11.7. The number of ether oxygens (including phenoxy) is 1. The maximum atomic E-state index is 13.1. The van der Waals surface area contributed by atoms with Gasteiger partial charge in [0.15, 0.2) is 0 Å². The van der Waals surface area contributed by atoms with Crippen LogP contribution in [0.15, 0.2) is 40.5 Å². The highest BCUT2D eigenvalue weighted by Gasteiger charge is 2.49. The average Bonchev–Trinajstić information content (AvgIpc) is 2.59. The molecule has 7 heteroatoms. The molecule has 0 unspecified atom stereocenters. The number of carbonyl (C=O) groups excluding carboxylic acids is 2. The molecule has 1 aromatic carbocycles. The van der Waals surface area contributed by atoms with Gasteiger partial charge in [-0.1, -0.05) is 32.0 Å². The smallest absolute Gasteiger partial charge is 0.336 e. The molecule has 0 radical (unpaired) electrons. The summed E-state index contributed by atoms with van der Waals surface area (Å²) in [6.07, 6.45) is 0.941. The number of fused-ring (bicyclic) bond motifs is 1. The molecule has 0 N–H and O–H groups in total. The summed E-state index contributed by atoms with van der Waals surface area (Å²) in [6.45, 7) is 7.57. The van der Waals surface area contributed by atoms with Crippen molar-refractivity contribution in [1.82, 2.24) is 0 Å². The molecule has 2 atom stereocenters. The summed E-state index contributed by atoms with van der Waals surface area (Å²) >= 11 is 0. The predicted octanol–water partition coefficient (Wildman–Crippen LogP) is 3.98. The zero-order valence-corrected chi connectivity index (χ0v) is 16.5. The molecule has 28 heavy (non-hydrogen) atoms. The lowest BCUT2D eigenvalue weighted by Gasteiger charge is -2.40. The van der Waals surface area contributed by atoms with Crippen LogP contribution in [-0.4, -0.2) is 29.0 Å². The molecule has 2 aliphatic rings. The van der Waals surface area contributed by atoms with Gasteiger partial charge in [0, 0.05) is 35.4 Å². The molecule has 3 rings (SSSR count). The molecule has 0 spiro atoms. The van der Waals surface area contributed by atoms with Crippen molar-refractivity contribution in [2.24, 2.45) is 16.3 Å². The fourth-order valence-electron chi connectivity index (χ4n) is 4.32.